The van der Waals surface area contributed by atoms with Crippen LogP contribution < -0.4 is 5.32 Å². The molecule has 27 heavy (non-hydrogen) atoms. The molecule has 0 fully saturated rings. The maximum atomic E-state index is 12.4. The fourth-order valence-corrected chi connectivity index (χ4v) is 4.21. The van der Waals surface area contributed by atoms with Crippen LogP contribution in [0.25, 0.3) is 11.4 Å². The van der Waals surface area contributed by atoms with Crippen molar-refractivity contribution in [2.24, 2.45) is 0 Å². The van der Waals surface area contributed by atoms with Gasteiger partial charge in [0.2, 0.25) is 0 Å². The van der Waals surface area contributed by atoms with Gasteiger partial charge in [-0.2, -0.15) is 5.10 Å². The molecule has 138 valence electrons. The first-order valence-electron chi connectivity index (χ1n) is 9.27. The summed E-state index contributed by atoms with van der Waals surface area (Å²) in [6.07, 6.45) is 6.29. The molecule has 0 saturated heterocycles. The average molecular weight is 472 g/mol. The summed E-state index contributed by atoms with van der Waals surface area (Å²) in [5.41, 5.74) is 5.26. The SMILES string of the molecule is O=C(NCCn1nc(-c2ccccn2)c2c1CCCC2)c1ccccc1I. The Balaban J connectivity index is 1.50. The lowest BCUT2D eigenvalue weighted by Crippen LogP contribution is -2.28. The zero-order valence-electron chi connectivity index (χ0n) is 15.0. The number of nitrogens with one attached hydrogen (secondary N) is 1. The highest BCUT2D eigenvalue weighted by molar-refractivity contribution is 14.1. The van der Waals surface area contributed by atoms with E-state index in [-0.39, 0.29) is 5.91 Å². The molecule has 0 radical (unpaired) electrons. The monoisotopic (exact) mass is 472 g/mol. The number of carbonyl (C=O) groups is 1. The molecule has 0 aliphatic heterocycles. The highest BCUT2D eigenvalue weighted by Gasteiger charge is 2.22. The van der Waals surface area contributed by atoms with E-state index in [0.29, 0.717) is 13.1 Å². The van der Waals surface area contributed by atoms with Crippen LogP contribution in [-0.2, 0) is 19.4 Å². The van der Waals surface area contributed by atoms with E-state index in [2.05, 4.69) is 37.6 Å². The summed E-state index contributed by atoms with van der Waals surface area (Å²) in [4.78, 5) is 16.9. The highest BCUT2D eigenvalue weighted by Crippen LogP contribution is 2.30. The number of fused-ring (bicyclic) bond motifs is 1. The van der Waals surface area contributed by atoms with Gasteiger partial charge in [0.25, 0.3) is 5.91 Å². The van der Waals surface area contributed by atoms with Gasteiger partial charge < -0.3 is 5.32 Å². The first-order valence-corrected chi connectivity index (χ1v) is 10.3. The summed E-state index contributed by atoms with van der Waals surface area (Å²) in [5, 5.41) is 7.87. The lowest BCUT2D eigenvalue weighted by Gasteiger charge is -2.14. The van der Waals surface area contributed by atoms with Crippen LogP contribution in [-0.4, -0.2) is 27.2 Å². The molecule has 1 N–H and O–H groups in total. The van der Waals surface area contributed by atoms with Gasteiger partial charge in [0.15, 0.2) is 0 Å². The van der Waals surface area contributed by atoms with E-state index >= 15 is 0 Å². The molecule has 0 bridgehead atoms. The second-order valence-electron chi connectivity index (χ2n) is 6.65. The first-order chi connectivity index (χ1) is 13.2. The van der Waals surface area contributed by atoms with Crippen LogP contribution in [0.15, 0.2) is 48.7 Å². The van der Waals surface area contributed by atoms with Crippen molar-refractivity contribution in [2.45, 2.75) is 32.2 Å². The van der Waals surface area contributed by atoms with Gasteiger partial charge in [-0.3, -0.25) is 14.5 Å². The Hall–Kier alpha value is -2.22. The minimum Gasteiger partial charge on any atom is -0.350 e. The van der Waals surface area contributed by atoms with Crippen molar-refractivity contribution in [3.63, 3.8) is 0 Å². The predicted octanol–water partition coefficient (Wildman–Crippen LogP) is 3.86. The van der Waals surface area contributed by atoms with Gasteiger partial charge in [-0.1, -0.05) is 18.2 Å². The molecule has 2 heterocycles. The Morgan fingerprint density at radius 2 is 1.93 bits per heavy atom. The largest absolute Gasteiger partial charge is 0.350 e. The fraction of sp³-hybridized carbons (Fsp3) is 0.286. The summed E-state index contributed by atoms with van der Waals surface area (Å²) < 4.78 is 3.02. The second-order valence-corrected chi connectivity index (χ2v) is 7.82. The quantitative estimate of drug-likeness (QED) is 0.574. The van der Waals surface area contributed by atoms with Gasteiger partial charge in [-0.15, -0.1) is 0 Å². The number of hydrogen-bond acceptors (Lipinski definition) is 3. The summed E-state index contributed by atoms with van der Waals surface area (Å²) in [6.45, 7) is 1.23. The third kappa shape index (κ3) is 3.90. The third-order valence-electron chi connectivity index (χ3n) is 4.89. The van der Waals surface area contributed by atoms with Crippen molar-refractivity contribution in [1.29, 1.82) is 0 Å². The highest BCUT2D eigenvalue weighted by atomic mass is 127. The number of aromatic nitrogens is 3. The van der Waals surface area contributed by atoms with Crippen molar-refractivity contribution in [2.75, 3.05) is 6.54 Å². The minimum absolute atomic E-state index is 0.0361. The Labute approximate surface area is 172 Å². The Bertz CT molecular complexity index is 952. The molecule has 0 unspecified atom stereocenters. The van der Waals surface area contributed by atoms with E-state index in [4.69, 9.17) is 5.10 Å². The van der Waals surface area contributed by atoms with Crippen molar-refractivity contribution in [1.82, 2.24) is 20.1 Å². The van der Waals surface area contributed by atoms with E-state index in [9.17, 15) is 4.79 Å². The number of nitrogens with zero attached hydrogens (tertiary/aromatic N) is 3. The third-order valence-corrected chi connectivity index (χ3v) is 5.83. The fourth-order valence-electron chi connectivity index (χ4n) is 3.58. The molecule has 0 atom stereocenters. The molecule has 0 spiro atoms. The number of benzene rings is 1. The van der Waals surface area contributed by atoms with E-state index in [1.54, 1.807) is 0 Å². The second kappa shape index (κ2) is 8.21. The first kappa shape index (κ1) is 18.2. The summed E-state index contributed by atoms with van der Waals surface area (Å²) in [5.74, 6) is -0.0361. The van der Waals surface area contributed by atoms with Crippen LogP contribution >= 0.6 is 22.6 Å². The molecule has 1 aliphatic carbocycles. The van der Waals surface area contributed by atoms with Gasteiger partial charge in [-0.25, -0.2) is 0 Å². The number of carbonyl (C=O) groups excluding carboxylic acids is 1. The van der Waals surface area contributed by atoms with Gasteiger partial charge in [0.05, 0.1) is 17.8 Å². The predicted molar refractivity (Wildman–Crippen MR) is 114 cm³/mol. The van der Waals surface area contributed by atoms with Crippen molar-refractivity contribution < 1.29 is 4.79 Å². The van der Waals surface area contributed by atoms with Crippen molar-refractivity contribution in [3.8, 4) is 11.4 Å². The minimum atomic E-state index is -0.0361. The maximum absolute atomic E-state index is 12.4. The van der Waals surface area contributed by atoms with Crippen LogP contribution in [0.3, 0.4) is 0 Å². The smallest absolute Gasteiger partial charge is 0.252 e. The molecule has 2 aromatic heterocycles. The van der Waals surface area contributed by atoms with Gasteiger partial charge in [0.1, 0.15) is 5.69 Å². The molecule has 1 aromatic carbocycles. The summed E-state index contributed by atoms with van der Waals surface area (Å²) in [6, 6.07) is 13.6. The van der Waals surface area contributed by atoms with E-state index in [1.165, 1.54) is 24.1 Å². The van der Waals surface area contributed by atoms with Crippen LogP contribution in [0.4, 0.5) is 0 Å². The summed E-state index contributed by atoms with van der Waals surface area (Å²) in [7, 11) is 0. The molecular formula is C21H21IN4O. The van der Waals surface area contributed by atoms with E-state index < -0.39 is 0 Å². The molecule has 4 rings (SSSR count). The lowest BCUT2D eigenvalue weighted by molar-refractivity contribution is 0.0951. The van der Waals surface area contributed by atoms with Crippen molar-refractivity contribution >= 4 is 28.5 Å². The zero-order chi connectivity index (χ0) is 18.6. The number of rotatable bonds is 5. The average Bonchev–Trinajstić information content (AvgIpc) is 3.08. The summed E-state index contributed by atoms with van der Waals surface area (Å²) >= 11 is 2.19. The topological polar surface area (TPSA) is 59.8 Å². The van der Waals surface area contributed by atoms with Gasteiger partial charge >= 0.3 is 0 Å². The van der Waals surface area contributed by atoms with Crippen LogP contribution in [0.2, 0.25) is 0 Å². The molecule has 5 nitrogen and oxygen atoms in total. The van der Waals surface area contributed by atoms with Crippen LogP contribution in [0.1, 0.15) is 34.5 Å². The number of amides is 1. The van der Waals surface area contributed by atoms with Gasteiger partial charge in [0, 0.05) is 27.6 Å². The van der Waals surface area contributed by atoms with Crippen LogP contribution in [0.5, 0.6) is 0 Å². The standard InChI is InChI=1S/C21H21IN4O/c22-17-9-3-1-7-15(17)21(27)24-13-14-26-19-11-4-2-8-16(19)20(25-26)18-10-5-6-12-23-18/h1,3,5-7,9-10,12H,2,4,8,11,13-14H2,(H,24,27). The number of pyridine rings is 1. The molecule has 1 amide bonds. The Kier molecular flexibility index (Phi) is 5.52. The maximum Gasteiger partial charge on any atom is 0.252 e. The van der Waals surface area contributed by atoms with Gasteiger partial charge in [-0.05, 0) is 72.5 Å². The Morgan fingerprint density at radius 3 is 2.74 bits per heavy atom. The zero-order valence-corrected chi connectivity index (χ0v) is 17.1. The van der Waals surface area contributed by atoms with E-state index in [0.717, 1.165) is 33.4 Å². The Morgan fingerprint density at radius 1 is 1.11 bits per heavy atom. The normalized spacial score (nSPS) is 13.2. The molecule has 3 aromatic rings. The molecule has 6 heteroatoms. The van der Waals surface area contributed by atoms with Crippen LogP contribution in [0, 0.1) is 3.57 Å². The molecular weight excluding hydrogens is 451 g/mol. The number of halogens is 1. The molecule has 0 saturated carbocycles. The number of hydrogen-bond donors (Lipinski definition) is 1. The lowest BCUT2D eigenvalue weighted by atomic mass is 9.95. The van der Waals surface area contributed by atoms with E-state index in [1.807, 2.05) is 48.7 Å². The van der Waals surface area contributed by atoms with Crippen molar-refractivity contribution in [3.05, 3.63) is 69.1 Å². The molecule has 1 aliphatic rings.